The first kappa shape index (κ1) is 19.5. The molecule has 0 atom stereocenters. The SMILES string of the molecule is CCOC(=O)C1=C(O)/C(=C/c2ccc(O)c(ON)c2)SC1=Nc1ccccc1. The monoisotopic (exact) mass is 398 g/mol. The Kier molecular flexibility index (Phi) is 6.03. The summed E-state index contributed by atoms with van der Waals surface area (Å²) >= 11 is 1.14. The lowest BCUT2D eigenvalue weighted by Gasteiger charge is -2.04. The number of ether oxygens (including phenoxy) is 1. The molecule has 0 unspecified atom stereocenters. The van der Waals surface area contributed by atoms with E-state index in [1.54, 1.807) is 31.2 Å². The Hall–Kier alpha value is -3.23. The van der Waals surface area contributed by atoms with Crippen LogP contribution in [0.5, 0.6) is 11.5 Å². The molecule has 0 saturated heterocycles. The minimum absolute atomic E-state index is 0.0102. The molecule has 0 radical (unpaired) electrons. The smallest absolute Gasteiger partial charge is 0.344 e. The molecule has 3 rings (SSSR count). The van der Waals surface area contributed by atoms with E-state index in [1.165, 1.54) is 12.1 Å². The zero-order valence-electron chi connectivity index (χ0n) is 15.0. The highest BCUT2D eigenvalue weighted by Gasteiger charge is 2.33. The largest absolute Gasteiger partial charge is 0.506 e. The van der Waals surface area contributed by atoms with E-state index in [-0.39, 0.29) is 29.4 Å². The predicted octanol–water partition coefficient (Wildman–Crippen LogP) is 3.84. The number of phenolic OH excluding ortho intramolecular Hbond substituents is 1. The molecular formula is C20H18N2O5S. The van der Waals surface area contributed by atoms with Gasteiger partial charge in [-0.15, -0.1) is 0 Å². The molecule has 4 N–H and O–H groups in total. The zero-order chi connectivity index (χ0) is 20.1. The van der Waals surface area contributed by atoms with E-state index in [1.807, 2.05) is 18.2 Å². The first-order valence-corrected chi connectivity index (χ1v) is 9.19. The van der Waals surface area contributed by atoms with Gasteiger partial charge in [0.05, 0.1) is 17.2 Å². The molecule has 144 valence electrons. The number of aliphatic hydroxyl groups excluding tert-OH is 1. The fraction of sp³-hybridized carbons (Fsp3) is 0.100. The molecule has 1 aliphatic rings. The average molecular weight is 398 g/mol. The van der Waals surface area contributed by atoms with Gasteiger partial charge in [0, 0.05) is 0 Å². The number of carbonyl (C=O) groups is 1. The number of aromatic hydroxyl groups is 1. The summed E-state index contributed by atoms with van der Waals surface area (Å²) in [6, 6.07) is 13.6. The summed E-state index contributed by atoms with van der Waals surface area (Å²) < 4.78 is 5.07. The molecule has 0 saturated carbocycles. The third-order valence-corrected chi connectivity index (χ3v) is 4.79. The zero-order valence-corrected chi connectivity index (χ0v) is 15.8. The molecule has 1 heterocycles. The van der Waals surface area contributed by atoms with Crippen molar-refractivity contribution in [1.82, 2.24) is 0 Å². The van der Waals surface area contributed by atoms with Crippen molar-refractivity contribution in [2.75, 3.05) is 6.61 Å². The van der Waals surface area contributed by atoms with Crippen LogP contribution in [0.15, 0.2) is 69.8 Å². The van der Waals surface area contributed by atoms with Crippen molar-refractivity contribution in [3.63, 3.8) is 0 Å². The summed E-state index contributed by atoms with van der Waals surface area (Å²) in [7, 11) is 0. The molecule has 28 heavy (non-hydrogen) atoms. The average Bonchev–Trinajstić information content (AvgIpc) is 2.99. The van der Waals surface area contributed by atoms with Gasteiger partial charge < -0.3 is 19.8 Å². The Balaban J connectivity index is 2.04. The van der Waals surface area contributed by atoms with Crippen molar-refractivity contribution >= 4 is 34.5 Å². The fourth-order valence-corrected chi connectivity index (χ4v) is 3.51. The van der Waals surface area contributed by atoms with Gasteiger partial charge in [-0.2, -0.15) is 5.90 Å². The van der Waals surface area contributed by atoms with Crippen LogP contribution in [0.3, 0.4) is 0 Å². The Morgan fingerprint density at radius 1 is 1.21 bits per heavy atom. The van der Waals surface area contributed by atoms with E-state index in [2.05, 4.69) is 9.83 Å². The molecule has 0 amide bonds. The maximum Gasteiger partial charge on any atom is 0.344 e. The second-order valence-corrected chi connectivity index (χ2v) is 6.68. The molecule has 2 aromatic rings. The van der Waals surface area contributed by atoms with Gasteiger partial charge in [0.25, 0.3) is 0 Å². The normalized spacial score (nSPS) is 16.6. The minimum atomic E-state index is -0.651. The third kappa shape index (κ3) is 4.19. The Morgan fingerprint density at radius 2 is 1.96 bits per heavy atom. The van der Waals surface area contributed by atoms with Crippen LogP contribution in [0.1, 0.15) is 12.5 Å². The van der Waals surface area contributed by atoms with Crippen LogP contribution < -0.4 is 10.7 Å². The predicted molar refractivity (Wildman–Crippen MR) is 108 cm³/mol. The van der Waals surface area contributed by atoms with Gasteiger partial charge in [0.15, 0.2) is 11.5 Å². The molecule has 2 aromatic carbocycles. The number of aliphatic imine (C=N–C) groups is 1. The van der Waals surface area contributed by atoms with E-state index >= 15 is 0 Å². The summed E-state index contributed by atoms with van der Waals surface area (Å²) in [6.07, 6.45) is 1.63. The van der Waals surface area contributed by atoms with Crippen LogP contribution in [0.2, 0.25) is 0 Å². The van der Waals surface area contributed by atoms with Gasteiger partial charge >= 0.3 is 5.97 Å². The molecule has 0 spiro atoms. The second kappa shape index (κ2) is 8.64. The molecule has 0 aliphatic carbocycles. The molecular weight excluding hydrogens is 380 g/mol. The lowest BCUT2D eigenvalue weighted by atomic mass is 10.1. The first-order chi connectivity index (χ1) is 13.5. The maximum atomic E-state index is 12.4. The summed E-state index contributed by atoms with van der Waals surface area (Å²) in [4.78, 5) is 21.9. The van der Waals surface area contributed by atoms with Gasteiger partial charge in [-0.25, -0.2) is 9.79 Å². The van der Waals surface area contributed by atoms with Crippen molar-refractivity contribution in [3.05, 3.63) is 70.3 Å². The molecule has 0 aromatic heterocycles. The van der Waals surface area contributed by atoms with Crippen LogP contribution in [0, 0.1) is 0 Å². The molecule has 1 aliphatic heterocycles. The van der Waals surface area contributed by atoms with E-state index in [9.17, 15) is 15.0 Å². The highest BCUT2D eigenvalue weighted by atomic mass is 32.2. The van der Waals surface area contributed by atoms with Gasteiger partial charge in [0.2, 0.25) is 0 Å². The van der Waals surface area contributed by atoms with Crippen molar-refractivity contribution in [2.45, 2.75) is 6.92 Å². The summed E-state index contributed by atoms with van der Waals surface area (Å²) in [5.74, 6) is 4.24. The van der Waals surface area contributed by atoms with Crippen LogP contribution >= 0.6 is 11.8 Å². The van der Waals surface area contributed by atoms with Crippen molar-refractivity contribution in [1.29, 1.82) is 0 Å². The van der Waals surface area contributed by atoms with E-state index in [0.717, 1.165) is 11.8 Å². The van der Waals surface area contributed by atoms with Crippen LogP contribution in [0.25, 0.3) is 6.08 Å². The molecule has 0 fully saturated rings. The van der Waals surface area contributed by atoms with Crippen molar-refractivity contribution < 1.29 is 24.6 Å². The number of hydrogen-bond donors (Lipinski definition) is 3. The van der Waals surface area contributed by atoms with E-state index in [0.29, 0.717) is 21.2 Å². The third-order valence-electron chi connectivity index (χ3n) is 3.77. The Bertz CT molecular complexity index is 983. The molecule has 0 bridgehead atoms. The Morgan fingerprint density at radius 3 is 2.64 bits per heavy atom. The number of nitrogens with two attached hydrogens (primary N) is 1. The first-order valence-electron chi connectivity index (χ1n) is 8.37. The summed E-state index contributed by atoms with van der Waals surface area (Å²) in [5.41, 5.74) is 1.26. The number of rotatable bonds is 5. The maximum absolute atomic E-state index is 12.4. The highest BCUT2D eigenvalue weighted by molar-refractivity contribution is 8.18. The van der Waals surface area contributed by atoms with E-state index < -0.39 is 5.97 Å². The molecule has 8 heteroatoms. The van der Waals surface area contributed by atoms with Gasteiger partial charge in [-0.1, -0.05) is 36.0 Å². The van der Waals surface area contributed by atoms with Gasteiger partial charge in [0.1, 0.15) is 16.4 Å². The quantitative estimate of drug-likeness (QED) is 0.518. The summed E-state index contributed by atoms with van der Waals surface area (Å²) in [5, 5.41) is 20.6. The van der Waals surface area contributed by atoms with Crippen molar-refractivity contribution in [2.24, 2.45) is 10.9 Å². The fourth-order valence-electron chi connectivity index (χ4n) is 2.48. The summed E-state index contributed by atoms with van der Waals surface area (Å²) in [6.45, 7) is 1.86. The number of thioether (sulfide) groups is 1. The Labute approximate surface area is 165 Å². The van der Waals surface area contributed by atoms with Crippen molar-refractivity contribution in [3.8, 4) is 11.5 Å². The number of aliphatic hydroxyl groups is 1. The number of para-hydroxylation sites is 1. The number of benzene rings is 2. The standard InChI is InChI=1S/C20H18N2O5S/c1-2-26-20(25)17-18(24)16(11-12-8-9-14(23)15(10-12)27-21)28-19(17)22-13-6-4-3-5-7-13/h3-11,23-24H,2,21H2,1H3/b16-11-,22-19?. The van der Waals surface area contributed by atoms with Crippen LogP contribution in [0.4, 0.5) is 5.69 Å². The number of esters is 1. The number of phenols is 1. The topological polar surface area (TPSA) is 114 Å². The number of hydrogen-bond acceptors (Lipinski definition) is 8. The van der Waals surface area contributed by atoms with Crippen LogP contribution in [-0.4, -0.2) is 27.8 Å². The number of carbonyl (C=O) groups excluding carboxylic acids is 1. The lowest BCUT2D eigenvalue weighted by molar-refractivity contribution is -0.138. The highest BCUT2D eigenvalue weighted by Crippen LogP contribution is 2.40. The van der Waals surface area contributed by atoms with Crippen LogP contribution in [-0.2, 0) is 9.53 Å². The van der Waals surface area contributed by atoms with E-state index in [4.69, 9.17) is 10.6 Å². The van der Waals surface area contributed by atoms with Gasteiger partial charge in [-0.3, -0.25) is 0 Å². The number of nitrogens with zero attached hydrogens (tertiary/aromatic N) is 1. The minimum Gasteiger partial charge on any atom is -0.506 e. The molecule has 7 nitrogen and oxygen atoms in total. The second-order valence-electron chi connectivity index (χ2n) is 5.65. The van der Waals surface area contributed by atoms with Gasteiger partial charge in [-0.05, 0) is 42.8 Å². The lowest BCUT2D eigenvalue weighted by Crippen LogP contribution is -2.12.